The molecule has 1 atom stereocenters. The second-order valence-corrected chi connectivity index (χ2v) is 8.80. The van der Waals surface area contributed by atoms with Crippen LogP contribution in [-0.4, -0.2) is 40.6 Å². The van der Waals surface area contributed by atoms with Gasteiger partial charge in [-0.3, -0.25) is 0 Å². The second-order valence-electron chi connectivity index (χ2n) is 6.86. The third kappa shape index (κ3) is 2.75. The Labute approximate surface area is 142 Å². The summed E-state index contributed by atoms with van der Waals surface area (Å²) in [5.74, 6) is 1.22. The van der Waals surface area contributed by atoms with Crippen LogP contribution >= 0.6 is 0 Å². The molecule has 0 bridgehead atoms. The normalized spacial score (nSPS) is 21.3. The molecule has 0 N–H and O–H groups in total. The number of aromatic nitrogens is 3. The van der Waals surface area contributed by atoms with Crippen LogP contribution < -0.4 is 0 Å². The molecule has 24 heavy (non-hydrogen) atoms. The summed E-state index contributed by atoms with van der Waals surface area (Å²) in [6.07, 6.45) is 6.52. The van der Waals surface area contributed by atoms with Crippen molar-refractivity contribution in [3.63, 3.8) is 0 Å². The summed E-state index contributed by atoms with van der Waals surface area (Å²) >= 11 is 0. The van der Waals surface area contributed by atoms with Gasteiger partial charge in [0.05, 0.1) is 4.90 Å². The predicted octanol–water partition coefficient (Wildman–Crippen LogP) is 1.56. The van der Waals surface area contributed by atoms with E-state index in [9.17, 15) is 8.42 Å². The molecular weight excluding hydrogens is 324 g/mol. The number of benzene rings is 1. The fraction of sp³-hybridized carbons (Fsp3) is 0.529. The molecule has 7 heteroatoms. The summed E-state index contributed by atoms with van der Waals surface area (Å²) in [4.78, 5) is 0.447. The van der Waals surface area contributed by atoms with Crippen LogP contribution in [0.2, 0.25) is 0 Å². The number of nitrogens with zero attached hydrogens (tertiary/aromatic N) is 4. The lowest BCUT2D eigenvalue weighted by Gasteiger charge is -2.17. The van der Waals surface area contributed by atoms with Crippen molar-refractivity contribution >= 4 is 10.0 Å². The van der Waals surface area contributed by atoms with E-state index in [2.05, 4.69) is 10.2 Å². The Morgan fingerprint density at radius 3 is 2.88 bits per heavy atom. The van der Waals surface area contributed by atoms with Gasteiger partial charge in [0.15, 0.2) is 0 Å². The standard InChI is InChI=1S/C17H22N4O2S/c1-20-12-18-19-17(20)9-13-7-8-21(11-13)24(22,23)16-6-5-14-3-2-4-15(14)10-16/h5-6,10,12-13H,2-4,7-9,11H2,1H3/t13-/m1/s1. The number of sulfonamides is 1. The van der Waals surface area contributed by atoms with Crippen LogP contribution in [0.15, 0.2) is 29.4 Å². The summed E-state index contributed by atoms with van der Waals surface area (Å²) in [5.41, 5.74) is 2.50. The molecule has 6 nitrogen and oxygen atoms in total. The number of fused-ring (bicyclic) bond motifs is 1. The van der Waals surface area contributed by atoms with Crippen LogP contribution in [0.3, 0.4) is 0 Å². The summed E-state index contributed by atoms with van der Waals surface area (Å²) < 4.78 is 29.4. The summed E-state index contributed by atoms with van der Waals surface area (Å²) in [6, 6.07) is 5.64. The molecule has 0 spiro atoms. The third-order valence-corrected chi connectivity index (χ3v) is 7.09. The number of rotatable bonds is 4. The van der Waals surface area contributed by atoms with Gasteiger partial charge in [0.1, 0.15) is 12.2 Å². The monoisotopic (exact) mass is 346 g/mol. The Kier molecular flexibility index (Phi) is 3.92. The van der Waals surface area contributed by atoms with Gasteiger partial charge in [-0.2, -0.15) is 4.31 Å². The van der Waals surface area contributed by atoms with Gasteiger partial charge >= 0.3 is 0 Å². The molecule has 0 unspecified atom stereocenters. The van der Waals surface area contributed by atoms with E-state index in [1.54, 1.807) is 16.7 Å². The molecule has 128 valence electrons. The van der Waals surface area contributed by atoms with Crippen LogP contribution in [0.1, 0.15) is 29.8 Å². The zero-order chi connectivity index (χ0) is 16.7. The van der Waals surface area contributed by atoms with Crippen molar-refractivity contribution in [2.24, 2.45) is 13.0 Å². The van der Waals surface area contributed by atoms with Crippen LogP contribution in [0.5, 0.6) is 0 Å². The molecule has 1 aromatic heterocycles. The van der Waals surface area contributed by atoms with Gasteiger partial charge in [0.25, 0.3) is 0 Å². The Bertz CT molecular complexity index is 859. The highest BCUT2D eigenvalue weighted by Gasteiger charge is 2.33. The fourth-order valence-corrected chi connectivity index (χ4v) is 5.37. The molecule has 2 aromatic rings. The molecule has 0 radical (unpaired) electrons. The van der Waals surface area contributed by atoms with E-state index >= 15 is 0 Å². The van der Waals surface area contributed by atoms with Crippen molar-refractivity contribution in [1.82, 2.24) is 19.1 Å². The fourth-order valence-electron chi connectivity index (χ4n) is 3.79. The maximum Gasteiger partial charge on any atom is 0.243 e. The molecule has 1 aliphatic heterocycles. The van der Waals surface area contributed by atoms with Crippen LogP contribution in [-0.2, 0) is 36.3 Å². The van der Waals surface area contributed by atoms with E-state index in [1.165, 1.54) is 11.1 Å². The van der Waals surface area contributed by atoms with E-state index in [1.807, 2.05) is 23.7 Å². The summed E-state index contributed by atoms with van der Waals surface area (Å²) in [7, 11) is -1.47. The number of aryl methyl sites for hydroxylation is 3. The Morgan fingerprint density at radius 2 is 2.08 bits per heavy atom. The first-order chi connectivity index (χ1) is 11.5. The van der Waals surface area contributed by atoms with Gasteiger partial charge in [-0.25, -0.2) is 8.42 Å². The molecule has 2 aliphatic rings. The van der Waals surface area contributed by atoms with E-state index in [-0.39, 0.29) is 0 Å². The van der Waals surface area contributed by atoms with Gasteiger partial charge in [-0.05, 0) is 54.9 Å². The van der Waals surface area contributed by atoms with Gasteiger partial charge in [0.2, 0.25) is 10.0 Å². The Balaban J connectivity index is 1.50. The van der Waals surface area contributed by atoms with Crippen molar-refractivity contribution in [2.45, 2.75) is 37.0 Å². The zero-order valence-corrected chi connectivity index (χ0v) is 14.7. The zero-order valence-electron chi connectivity index (χ0n) is 13.9. The average Bonchev–Trinajstić information content (AvgIpc) is 3.29. The highest BCUT2D eigenvalue weighted by Crippen LogP contribution is 2.29. The first-order valence-corrected chi connectivity index (χ1v) is 9.93. The molecule has 4 rings (SSSR count). The van der Waals surface area contributed by atoms with E-state index < -0.39 is 10.0 Å². The molecule has 0 saturated carbocycles. The lowest BCUT2D eigenvalue weighted by Crippen LogP contribution is -2.29. The minimum absolute atomic E-state index is 0.303. The number of hydrogen-bond donors (Lipinski definition) is 0. The van der Waals surface area contributed by atoms with Crippen molar-refractivity contribution in [2.75, 3.05) is 13.1 Å². The highest BCUT2D eigenvalue weighted by molar-refractivity contribution is 7.89. The highest BCUT2D eigenvalue weighted by atomic mass is 32.2. The maximum atomic E-state index is 12.9. The number of hydrogen-bond acceptors (Lipinski definition) is 4. The SMILES string of the molecule is Cn1cnnc1C[C@H]1CCN(S(=O)(=O)c2ccc3c(c2)CCC3)C1. The van der Waals surface area contributed by atoms with Gasteiger partial charge in [-0.1, -0.05) is 6.07 Å². The quantitative estimate of drug-likeness (QED) is 0.842. The molecule has 1 aromatic carbocycles. The second kappa shape index (κ2) is 5.97. The first kappa shape index (κ1) is 15.8. The van der Waals surface area contributed by atoms with E-state index in [0.717, 1.165) is 37.9 Å². The lowest BCUT2D eigenvalue weighted by molar-refractivity contribution is 0.451. The van der Waals surface area contributed by atoms with Crippen molar-refractivity contribution in [3.05, 3.63) is 41.5 Å². The Morgan fingerprint density at radius 1 is 1.25 bits per heavy atom. The minimum atomic E-state index is -3.39. The summed E-state index contributed by atoms with van der Waals surface area (Å²) in [6.45, 7) is 1.15. The predicted molar refractivity (Wildman–Crippen MR) is 90.0 cm³/mol. The molecular formula is C17H22N4O2S. The molecule has 2 heterocycles. The van der Waals surface area contributed by atoms with Gasteiger partial charge < -0.3 is 4.57 Å². The maximum absolute atomic E-state index is 12.9. The molecule has 1 aliphatic carbocycles. The van der Waals surface area contributed by atoms with Gasteiger partial charge in [0, 0.05) is 26.6 Å². The van der Waals surface area contributed by atoms with Crippen molar-refractivity contribution in [1.29, 1.82) is 0 Å². The van der Waals surface area contributed by atoms with Crippen molar-refractivity contribution in [3.8, 4) is 0 Å². The topological polar surface area (TPSA) is 68.1 Å². The molecule has 0 amide bonds. The molecule has 1 saturated heterocycles. The first-order valence-electron chi connectivity index (χ1n) is 8.49. The lowest BCUT2D eigenvalue weighted by atomic mass is 10.1. The average molecular weight is 346 g/mol. The van der Waals surface area contributed by atoms with E-state index in [4.69, 9.17) is 0 Å². The largest absolute Gasteiger partial charge is 0.321 e. The Hall–Kier alpha value is -1.73. The minimum Gasteiger partial charge on any atom is -0.321 e. The molecule has 1 fully saturated rings. The smallest absolute Gasteiger partial charge is 0.243 e. The van der Waals surface area contributed by atoms with Crippen molar-refractivity contribution < 1.29 is 8.42 Å². The third-order valence-electron chi connectivity index (χ3n) is 5.23. The summed E-state index contributed by atoms with van der Waals surface area (Å²) in [5, 5.41) is 8.00. The van der Waals surface area contributed by atoms with Gasteiger partial charge in [-0.15, -0.1) is 10.2 Å². The van der Waals surface area contributed by atoms with Crippen LogP contribution in [0, 0.1) is 5.92 Å². The van der Waals surface area contributed by atoms with Crippen LogP contribution in [0.4, 0.5) is 0 Å². The van der Waals surface area contributed by atoms with Crippen LogP contribution in [0.25, 0.3) is 0 Å². The van der Waals surface area contributed by atoms with E-state index in [0.29, 0.717) is 23.9 Å².